The van der Waals surface area contributed by atoms with E-state index in [4.69, 9.17) is 5.73 Å². The number of aryl methyl sites for hydroxylation is 1. The monoisotopic (exact) mass is 453 g/mol. The van der Waals surface area contributed by atoms with E-state index in [0.717, 1.165) is 12.1 Å². The first-order valence-electron chi connectivity index (χ1n) is 9.92. The van der Waals surface area contributed by atoms with E-state index < -0.39 is 42.1 Å². The highest BCUT2D eigenvalue weighted by molar-refractivity contribution is 6.39. The van der Waals surface area contributed by atoms with Gasteiger partial charge < -0.3 is 16.0 Å². The highest BCUT2D eigenvalue weighted by Gasteiger charge is 2.44. The van der Waals surface area contributed by atoms with E-state index in [9.17, 15) is 27.2 Å². The number of hydrogen-bond donors (Lipinski definition) is 2. The van der Waals surface area contributed by atoms with E-state index in [1.807, 2.05) is 0 Å². The van der Waals surface area contributed by atoms with Crippen LogP contribution in [0.15, 0.2) is 42.5 Å². The number of ether oxygens (including phenoxy) is 1. The van der Waals surface area contributed by atoms with Crippen LogP contribution in [0.3, 0.4) is 0 Å². The molecular weight excluding hydrogens is 430 g/mol. The fourth-order valence-corrected chi connectivity index (χ4v) is 3.76. The van der Waals surface area contributed by atoms with Crippen LogP contribution in [0.4, 0.5) is 28.9 Å². The Labute approximate surface area is 182 Å². The van der Waals surface area contributed by atoms with E-state index >= 15 is 0 Å². The molecule has 0 bridgehead atoms. The molecule has 0 spiro atoms. The van der Waals surface area contributed by atoms with E-state index in [1.54, 1.807) is 19.1 Å². The largest absolute Gasteiger partial charge is 0.522 e. The molecule has 6 nitrogen and oxygen atoms in total. The standard InChI is InChI=1S/C22H23F4N3O3/c1-12-9-16(7-8-17(12)27)28-20(30)21(31)29-11-13(2)19(32-22(24,25)26)10-18(29)14-3-5-15(23)6-4-14/h3-9,13,18-19H,10-11,27H2,1-2H3,(H,28,30)/t13-,18-,19+/m1/s1. The zero-order chi connectivity index (χ0) is 23.6. The molecule has 0 aromatic heterocycles. The number of carbonyl (C=O) groups is 2. The number of halogens is 4. The van der Waals surface area contributed by atoms with Crippen LogP contribution >= 0.6 is 0 Å². The zero-order valence-corrected chi connectivity index (χ0v) is 17.4. The minimum Gasteiger partial charge on any atom is -0.399 e. The zero-order valence-electron chi connectivity index (χ0n) is 17.4. The Kier molecular flexibility index (Phi) is 6.73. The Hall–Kier alpha value is -3.14. The van der Waals surface area contributed by atoms with Crippen LogP contribution in [0.2, 0.25) is 0 Å². The maximum atomic E-state index is 13.4. The minimum absolute atomic E-state index is 0.143. The average Bonchev–Trinajstić information content (AvgIpc) is 2.71. The summed E-state index contributed by atoms with van der Waals surface area (Å²) < 4.78 is 56.2. The first-order valence-corrected chi connectivity index (χ1v) is 9.92. The fourth-order valence-electron chi connectivity index (χ4n) is 3.76. The van der Waals surface area contributed by atoms with Gasteiger partial charge in [0.15, 0.2) is 0 Å². The normalized spacial score (nSPS) is 21.3. The van der Waals surface area contributed by atoms with Crippen molar-refractivity contribution in [1.82, 2.24) is 4.90 Å². The van der Waals surface area contributed by atoms with Crippen molar-refractivity contribution in [3.05, 3.63) is 59.4 Å². The van der Waals surface area contributed by atoms with Crippen molar-refractivity contribution in [3.8, 4) is 0 Å². The SMILES string of the molecule is Cc1cc(NC(=O)C(=O)N2C[C@@H](C)[C@@H](OC(F)(F)F)C[C@@H]2c2ccc(F)cc2)ccc1N. The molecule has 3 N–H and O–H groups in total. The summed E-state index contributed by atoms with van der Waals surface area (Å²) in [5.74, 6) is -3.08. The number of anilines is 2. The van der Waals surface area contributed by atoms with Gasteiger partial charge in [0.1, 0.15) is 5.82 Å². The summed E-state index contributed by atoms with van der Waals surface area (Å²) in [5.41, 5.74) is 7.74. The van der Waals surface area contributed by atoms with Crippen LogP contribution < -0.4 is 11.1 Å². The van der Waals surface area contributed by atoms with E-state index in [1.165, 1.54) is 30.0 Å². The Morgan fingerprint density at radius 3 is 2.41 bits per heavy atom. The molecule has 172 valence electrons. The first-order chi connectivity index (χ1) is 14.9. The molecular formula is C22H23F4N3O3. The topological polar surface area (TPSA) is 84.7 Å². The van der Waals surface area contributed by atoms with Gasteiger partial charge in [-0.15, -0.1) is 13.2 Å². The summed E-state index contributed by atoms with van der Waals surface area (Å²) in [6, 6.07) is 8.87. The van der Waals surface area contributed by atoms with Crippen LogP contribution in [0.5, 0.6) is 0 Å². The summed E-state index contributed by atoms with van der Waals surface area (Å²) >= 11 is 0. The quantitative estimate of drug-likeness (QED) is 0.415. The Morgan fingerprint density at radius 2 is 1.81 bits per heavy atom. The lowest BCUT2D eigenvalue weighted by Gasteiger charge is -2.42. The number of rotatable bonds is 3. The second-order valence-electron chi connectivity index (χ2n) is 7.87. The predicted octanol–water partition coefficient (Wildman–Crippen LogP) is 4.17. The molecule has 1 saturated heterocycles. The van der Waals surface area contributed by atoms with Crippen LogP contribution in [-0.4, -0.2) is 35.7 Å². The van der Waals surface area contributed by atoms with Gasteiger partial charge in [-0.25, -0.2) is 4.39 Å². The lowest BCUT2D eigenvalue weighted by molar-refractivity contribution is -0.352. The molecule has 3 rings (SSSR count). The van der Waals surface area contributed by atoms with Gasteiger partial charge in [-0.05, 0) is 54.8 Å². The van der Waals surface area contributed by atoms with Crippen molar-refractivity contribution in [2.24, 2.45) is 5.92 Å². The Balaban J connectivity index is 1.85. The molecule has 1 fully saturated rings. The molecule has 10 heteroatoms. The number of piperidine rings is 1. The van der Waals surface area contributed by atoms with Gasteiger partial charge in [0.2, 0.25) is 0 Å². The van der Waals surface area contributed by atoms with Crippen molar-refractivity contribution in [1.29, 1.82) is 0 Å². The summed E-state index contributed by atoms with van der Waals surface area (Å²) in [6.07, 6.45) is -6.27. The number of nitrogens with one attached hydrogen (secondary N) is 1. The highest BCUT2D eigenvalue weighted by Crippen LogP contribution is 2.37. The van der Waals surface area contributed by atoms with Gasteiger partial charge >= 0.3 is 18.2 Å². The third kappa shape index (κ3) is 5.56. The number of amides is 2. The molecule has 1 aliphatic heterocycles. The van der Waals surface area contributed by atoms with E-state index in [2.05, 4.69) is 10.1 Å². The lowest BCUT2D eigenvalue weighted by Crippen LogP contribution is -2.51. The smallest absolute Gasteiger partial charge is 0.399 e. The van der Waals surface area contributed by atoms with Crippen LogP contribution in [0.1, 0.15) is 30.5 Å². The summed E-state index contributed by atoms with van der Waals surface area (Å²) in [5, 5.41) is 2.50. The minimum atomic E-state index is -4.84. The Bertz CT molecular complexity index is 995. The second kappa shape index (κ2) is 9.15. The van der Waals surface area contributed by atoms with Gasteiger partial charge in [-0.1, -0.05) is 19.1 Å². The second-order valence-corrected chi connectivity index (χ2v) is 7.87. The van der Waals surface area contributed by atoms with Crippen molar-refractivity contribution < 1.29 is 31.9 Å². The Morgan fingerprint density at radius 1 is 1.16 bits per heavy atom. The van der Waals surface area contributed by atoms with Crippen molar-refractivity contribution in [3.63, 3.8) is 0 Å². The molecule has 0 saturated carbocycles. The number of nitrogen functional groups attached to an aromatic ring is 1. The van der Waals surface area contributed by atoms with Gasteiger partial charge in [-0.3, -0.25) is 14.3 Å². The fraction of sp³-hybridized carbons (Fsp3) is 0.364. The van der Waals surface area contributed by atoms with Crippen LogP contribution in [-0.2, 0) is 14.3 Å². The third-order valence-corrected chi connectivity index (χ3v) is 5.47. The molecule has 1 aliphatic rings. The maximum Gasteiger partial charge on any atom is 0.522 e. The van der Waals surface area contributed by atoms with Crippen molar-refractivity contribution in [2.75, 3.05) is 17.6 Å². The highest BCUT2D eigenvalue weighted by atomic mass is 19.4. The van der Waals surface area contributed by atoms with Gasteiger partial charge in [0, 0.05) is 23.8 Å². The summed E-state index contributed by atoms with van der Waals surface area (Å²) in [7, 11) is 0. The van der Waals surface area contributed by atoms with Crippen molar-refractivity contribution >= 4 is 23.2 Å². The molecule has 3 atom stereocenters. The van der Waals surface area contributed by atoms with E-state index in [0.29, 0.717) is 22.5 Å². The lowest BCUT2D eigenvalue weighted by atomic mass is 9.87. The number of nitrogens with two attached hydrogens (primary N) is 1. The maximum absolute atomic E-state index is 13.4. The molecule has 32 heavy (non-hydrogen) atoms. The predicted molar refractivity (Wildman–Crippen MR) is 110 cm³/mol. The third-order valence-electron chi connectivity index (χ3n) is 5.47. The number of benzene rings is 2. The molecule has 2 aromatic carbocycles. The first kappa shape index (κ1) is 23.5. The van der Waals surface area contributed by atoms with E-state index in [-0.39, 0.29) is 13.0 Å². The number of hydrogen-bond acceptors (Lipinski definition) is 4. The molecule has 2 aromatic rings. The molecule has 0 radical (unpaired) electrons. The van der Waals surface area contributed by atoms with Gasteiger partial charge in [0.05, 0.1) is 12.1 Å². The average molecular weight is 453 g/mol. The summed E-state index contributed by atoms with van der Waals surface area (Å²) in [4.78, 5) is 26.8. The number of alkyl halides is 3. The van der Waals surface area contributed by atoms with Crippen LogP contribution in [0, 0.1) is 18.7 Å². The molecule has 2 amide bonds. The van der Waals surface area contributed by atoms with Gasteiger partial charge in [-0.2, -0.15) is 0 Å². The van der Waals surface area contributed by atoms with Crippen molar-refractivity contribution in [2.45, 2.75) is 38.8 Å². The molecule has 1 heterocycles. The molecule has 0 aliphatic carbocycles. The van der Waals surface area contributed by atoms with Gasteiger partial charge in [0.25, 0.3) is 0 Å². The summed E-state index contributed by atoms with van der Waals surface area (Å²) in [6.45, 7) is 3.11. The molecule has 0 unspecified atom stereocenters. The number of likely N-dealkylation sites (tertiary alicyclic amines) is 1. The number of nitrogens with zero attached hydrogens (tertiary/aromatic N) is 1. The number of carbonyl (C=O) groups excluding carboxylic acids is 2. The van der Waals surface area contributed by atoms with Crippen LogP contribution in [0.25, 0.3) is 0 Å².